The van der Waals surface area contributed by atoms with Crippen LogP contribution in [0.1, 0.15) is 24.6 Å². The maximum atomic E-state index is 12.6. The third-order valence-corrected chi connectivity index (χ3v) is 3.98. The maximum Gasteiger partial charge on any atom is 0.251 e. The van der Waals surface area contributed by atoms with Crippen LogP contribution in [-0.4, -0.2) is 10.3 Å². The van der Waals surface area contributed by atoms with Crippen molar-refractivity contribution in [2.24, 2.45) is 11.7 Å². The number of alkyl halides is 2. The fourth-order valence-corrected chi connectivity index (χ4v) is 2.79. The van der Waals surface area contributed by atoms with Gasteiger partial charge in [-0.3, -0.25) is 0 Å². The zero-order valence-corrected chi connectivity index (χ0v) is 9.62. The molecule has 6 heteroatoms. The summed E-state index contributed by atoms with van der Waals surface area (Å²) in [6.07, 6.45) is 0.289. The minimum absolute atomic E-state index is 0.0253. The second kappa shape index (κ2) is 3.50. The van der Waals surface area contributed by atoms with E-state index in [-0.39, 0.29) is 12.5 Å². The Kier molecular flexibility index (Phi) is 2.61. The molecule has 0 aromatic carbocycles. The molecule has 0 spiro atoms. The zero-order chi connectivity index (χ0) is 10.3. The first kappa shape index (κ1) is 10.4. The van der Waals surface area contributed by atoms with Crippen molar-refractivity contribution < 1.29 is 8.78 Å². The molecule has 0 amide bonds. The van der Waals surface area contributed by atoms with Gasteiger partial charge in [-0.05, 0) is 33.9 Å². The highest BCUT2D eigenvalue weighted by atomic mass is 79.9. The van der Waals surface area contributed by atoms with Gasteiger partial charge in [-0.15, -0.1) is 0 Å². The Balaban J connectivity index is 1.97. The van der Waals surface area contributed by atoms with Gasteiger partial charge in [-0.1, -0.05) is 0 Å². The van der Waals surface area contributed by atoms with Gasteiger partial charge >= 0.3 is 0 Å². The van der Waals surface area contributed by atoms with Crippen molar-refractivity contribution in [3.8, 4) is 0 Å². The average Bonchev–Trinajstić information content (AvgIpc) is 2.53. The average molecular weight is 283 g/mol. The zero-order valence-electron chi connectivity index (χ0n) is 7.21. The van der Waals surface area contributed by atoms with Gasteiger partial charge in [0.1, 0.15) is 0 Å². The lowest BCUT2D eigenvalue weighted by molar-refractivity contribution is 0.0953. The van der Waals surface area contributed by atoms with Crippen LogP contribution in [0.15, 0.2) is 9.85 Å². The summed E-state index contributed by atoms with van der Waals surface area (Å²) in [6, 6.07) is -0.381. The van der Waals surface area contributed by atoms with Gasteiger partial charge in [0, 0.05) is 23.8 Å². The summed E-state index contributed by atoms with van der Waals surface area (Å²) >= 11 is 4.56. The molecule has 0 radical (unpaired) electrons. The van der Waals surface area contributed by atoms with Crippen molar-refractivity contribution in [3.05, 3.63) is 15.5 Å². The van der Waals surface area contributed by atoms with Crippen molar-refractivity contribution in [2.75, 3.05) is 0 Å². The summed E-state index contributed by atoms with van der Waals surface area (Å²) in [5.41, 5.74) is 6.48. The number of hydrogen-bond acceptors (Lipinski definition) is 3. The molecule has 2 N–H and O–H groups in total. The first-order valence-corrected chi connectivity index (χ1v) is 5.87. The molecular weight excluding hydrogens is 274 g/mol. The Morgan fingerprint density at radius 1 is 1.79 bits per heavy atom. The standard InChI is InChI=1S/C8H9BrF2N2S/c9-5-3-14-13-7(5)6(12)1-4-2-8(4,10)11/h3-4,6H,1-2,12H2. The SMILES string of the molecule is NC(CC1CC1(F)F)c1nscc1Br. The van der Waals surface area contributed by atoms with E-state index in [0.29, 0.717) is 12.1 Å². The molecule has 78 valence electrons. The summed E-state index contributed by atoms with van der Waals surface area (Å²) in [5.74, 6) is -3.04. The highest BCUT2D eigenvalue weighted by molar-refractivity contribution is 9.10. The second-order valence-electron chi connectivity index (χ2n) is 3.55. The van der Waals surface area contributed by atoms with Crippen molar-refractivity contribution in [1.82, 2.24) is 4.37 Å². The normalized spacial score (nSPS) is 26.1. The Bertz CT molecular complexity index is 342. The summed E-state index contributed by atoms with van der Waals surface area (Å²) in [5, 5.41) is 1.81. The fraction of sp³-hybridized carbons (Fsp3) is 0.625. The lowest BCUT2D eigenvalue weighted by Gasteiger charge is -2.08. The number of hydrogen-bond donors (Lipinski definition) is 1. The molecule has 0 saturated heterocycles. The topological polar surface area (TPSA) is 38.9 Å². The van der Waals surface area contributed by atoms with Crippen LogP contribution < -0.4 is 5.73 Å². The summed E-state index contributed by atoms with van der Waals surface area (Å²) in [6.45, 7) is 0. The van der Waals surface area contributed by atoms with E-state index < -0.39 is 11.8 Å². The highest BCUT2D eigenvalue weighted by Gasteiger charge is 2.56. The van der Waals surface area contributed by atoms with Crippen LogP contribution in [0.25, 0.3) is 0 Å². The molecule has 0 bridgehead atoms. The molecule has 1 aliphatic carbocycles. The molecule has 2 nitrogen and oxygen atoms in total. The van der Waals surface area contributed by atoms with Gasteiger partial charge in [0.05, 0.1) is 10.2 Å². The lowest BCUT2D eigenvalue weighted by Crippen LogP contribution is -2.13. The molecular formula is C8H9BrF2N2S. The quantitative estimate of drug-likeness (QED) is 0.926. The van der Waals surface area contributed by atoms with E-state index in [0.717, 1.165) is 4.47 Å². The number of nitrogens with zero attached hydrogens (tertiary/aromatic N) is 1. The minimum atomic E-state index is -2.49. The Morgan fingerprint density at radius 3 is 2.86 bits per heavy atom. The number of halogens is 3. The van der Waals surface area contributed by atoms with Crippen LogP contribution >= 0.6 is 27.5 Å². The third kappa shape index (κ3) is 1.97. The van der Waals surface area contributed by atoms with Crippen LogP contribution in [-0.2, 0) is 0 Å². The predicted octanol–water partition coefficient (Wildman–Crippen LogP) is 2.95. The molecule has 1 saturated carbocycles. The largest absolute Gasteiger partial charge is 0.323 e. The van der Waals surface area contributed by atoms with Crippen LogP contribution in [0.3, 0.4) is 0 Å². The Hall–Kier alpha value is -0.0700. The van der Waals surface area contributed by atoms with E-state index in [9.17, 15) is 8.78 Å². The molecule has 2 atom stereocenters. The van der Waals surface area contributed by atoms with E-state index in [1.54, 1.807) is 5.38 Å². The minimum Gasteiger partial charge on any atom is -0.323 e. The van der Waals surface area contributed by atoms with E-state index in [1.165, 1.54) is 11.5 Å². The fourth-order valence-electron chi connectivity index (χ4n) is 1.42. The van der Waals surface area contributed by atoms with Gasteiger partial charge in [0.15, 0.2) is 0 Å². The molecule has 1 fully saturated rings. The molecule has 2 rings (SSSR count). The first-order chi connectivity index (χ1) is 6.50. The van der Waals surface area contributed by atoms with Crippen LogP contribution in [0.4, 0.5) is 8.78 Å². The van der Waals surface area contributed by atoms with E-state index >= 15 is 0 Å². The lowest BCUT2D eigenvalue weighted by atomic mass is 10.1. The maximum absolute atomic E-state index is 12.6. The Labute approximate surface area is 92.8 Å². The summed E-state index contributed by atoms with van der Waals surface area (Å²) < 4.78 is 30.1. The summed E-state index contributed by atoms with van der Waals surface area (Å²) in [4.78, 5) is 0. The summed E-state index contributed by atoms with van der Waals surface area (Å²) in [7, 11) is 0. The highest BCUT2D eigenvalue weighted by Crippen LogP contribution is 2.52. The van der Waals surface area contributed by atoms with Gasteiger partial charge in [-0.2, -0.15) is 4.37 Å². The predicted molar refractivity (Wildman–Crippen MR) is 54.4 cm³/mol. The van der Waals surface area contributed by atoms with Crippen molar-refractivity contribution in [3.63, 3.8) is 0 Å². The van der Waals surface area contributed by atoms with Gasteiger partial charge < -0.3 is 5.73 Å². The molecule has 0 aliphatic heterocycles. The van der Waals surface area contributed by atoms with Crippen LogP contribution in [0, 0.1) is 5.92 Å². The smallest absolute Gasteiger partial charge is 0.251 e. The van der Waals surface area contributed by atoms with Crippen molar-refractivity contribution in [1.29, 1.82) is 0 Å². The number of rotatable bonds is 3. The monoisotopic (exact) mass is 282 g/mol. The molecule has 1 heterocycles. The van der Waals surface area contributed by atoms with Crippen molar-refractivity contribution in [2.45, 2.75) is 24.8 Å². The Morgan fingerprint density at radius 2 is 2.43 bits per heavy atom. The number of aromatic nitrogens is 1. The molecule has 1 aromatic heterocycles. The number of nitrogens with two attached hydrogens (primary N) is 1. The van der Waals surface area contributed by atoms with E-state index in [1.807, 2.05) is 0 Å². The second-order valence-corrected chi connectivity index (χ2v) is 5.04. The molecule has 2 unspecified atom stereocenters. The van der Waals surface area contributed by atoms with Gasteiger partial charge in [0.2, 0.25) is 0 Å². The van der Waals surface area contributed by atoms with E-state index in [2.05, 4.69) is 20.3 Å². The molecule has 1 aliphatic rings. The third-order valence-electron chi connectivity index (χ3n) is 2.40. The van der Waals surface area contributed by atoms with E-state index in [4.69, 9.17) is 5.73 Å². The van der Waals surface area contributed by atoms with Gasteiger partial charge in [-0.25, -0.2) is 8.78 Å². The molecule has 14 heavy (non-hydrogen) atoms. The van der Waals surface area contributed by atoms with Crippen LogP contribution in [0.5, 0.6) is 0 Å². The molecule has 1 aromatic rings. The van der Waals surface area contributed by atoms with Gasteiger partial charge in [0.25, 0.3) is 5.92 Å². The van der Waals surface area contributed by atoms with Crippen molar-refractivity contribution >= 4 is 27.5 Å². The first-order valence-electron chi connectivity index (χ1n) is 4.24. The van der Waals surface area contributed by atoms with Crippen LogP contribution in [0.2, 0.25) is 0 Å².